The van der Waals surface area contributed by atoms with Crippen molar-refractivity contribution in [3.63, 3.8) is 0 Å². The standard InChI is InChI=1S/2C7H15.Al.H/c2*1-4-5-6-7(2)3;;/h2*4-6H2,1-3H3;;. The van der Waals surface area contributed by atoms with Gasteiger partial charge in [-0.1, -0.05) is 88.6 Å². The van der Waals surface area contributed by atoms with Crippen molar-refractivity contribution < 1.29 is 0 Å². The molecular formula is C14H31Al. The molecule has 0 saturated heterocycles. The third-order valence-corrected chi connectivity index (χ3v) is 5.99. The van der Waals surface area contributed by atoms with E-state index in [1.165, 1.54) is 38.5 Å². The molecule has 0 rings (SSSR count). The second kappa shape index (κ2) is 6.98. The highest BCUT2D eigenvalue weighted by Crippen LogP contribution is 2.42. The fourth-order valence-electron chi connectivity index (χ4n) is 2.78. The van der Waals surface area contributed by atoms with E-state index in [2.05, 4.69) is 41.5 Å². The zero-order valence-electron chi connectivity index (χ0n) is 11.9. The molecule has 0 N–H and O–H groups in total. The molecule has 0 bridgehead atoms. The Morgan fingerprint density at radius 3 is 1.33 bits per heavy atom. The lowest BCUT2D eigenvalue weighted by Gasteiger charge is -2.33. The molecule has 0 fully saturated rings. The molecule has 0 aromatic carbocycles. The Morgan fingerprint density at radius 2 is 1.07 bits per heavy atom. The molecule has 90 valence electrons. The molecule has 0 nitrogen and oxygen atoms in total. The summed E-state index contributed by atoms with van der Waals surface area (Å²) in [5.74, 6) is 0. The van der Waals surface area contributed by atoms with Crippen LogP contribution in [0.4, 0.5) is 0 Å². The molecule has 1 heteroatoms. The molecule has 0 unspecified atom stereocenters. The molecule has 0 aliphatic heterocycles. The number of hydrogen-bond acceptors (Lipinski definition) is 0. The molecule has 0 saturated carbocycles. The SMILES string of the molecule is CCCC[C](C)(C)[AlH][C](C)(C)CCCC. The van der Waals surface area contributed by atoms with Crippen molar-refractivity contribution in [3.05, 3.63) is 0 Å². The minimum atomic E-state index is 0.0265. The summed E-state index contributed by atoms with van der Waals surface area (Å²) >= 11 is 0.0265. The van der Waals surface area contributed by atoms with E-state index in [1.54, 1.807) is 0 Å². The van der Waals surface area contributed by atoms with Crippen LogP contribution in [0, 0.1) is 0 Å². The lowest BCUT2D eigenvalue weighted by molar-refractivity contribution is 0.508. The van der Waals surface area contributed by atoms with Crippen molar-refractivity contribution in [3.8, 4) is 0 Å². The van der Waals surface area contributed by atoms with Gasteiger partial charge in [0.25, 0.3) is 15.2 Å². The van der Waals surface area contributed by atoms with Crippen molar-refractivity contribution in [2.75, 3.05) is 0 Å². The zero-order valence-corrected chi connectivity index (χ0v) is 13.4. The highest BCUT2D eigenvalue weighted by molar-refractivity contribution is 6.43. The van der Waals surface area contributed by atoms with Crippen LogP contribution in [0.15, 0.2) is 0 Å². The van der Waals surface area contributed by atoms with Crippen molar-refractivity contribution in [1.82, 2.24) is 0 Å². The van der Waals surface area contributed by atoms with Gasteiger partial charge >= 0.3 is 0 Å². The summed E-state index contributed by atoms with van der Waals surface area (Å²) in [4.78, 5) is 0. The highest BCUT2D eigenvalue weighted by Gasteiger charge is 2.30. The van der Waals surface area contributed by atoms with E-state index in [1.807, 2.05) is 0 Å². The third kappa shape index (κ3) is 8.35. The maximum atomic E-state index is 2.50. The fourth-order valence-corrected chi connectivity index (χ4v) is 6.23. The van der Waals surface area contributed by atoms with Crippen LogP contribution in [0.3, 0.4) is 0 Å². The first kappa shape index (κ1) is 15.5. The topological polar surface area (TPSA) is 0 Å². The van der Waals surface area contributed by atoms with E-state index in [4.69, 9.17) is 0 Å². The predicted molar refractivity (Wildman–Crippen MR) is 74.3 cm³/mol. The minimum absolute atomic E-state index is 0.0265. The highest BCUT2D eigenvalue weighted by atomic mass is 27.1. The second-order valence-corrected chi connectivity index (χ2v) is 10.9. The first-order chi connectivity index (χ1) is 6.83. The summed E-state index contributed by atoms with van der Waals surface area (Å²) in [5.41, 5.74) is 0. The third-order valence-electron chi connectivity index (χ3n) is 3.37. The van der Waals surface area contributed by atoms with Crippen LogP contribution in [0.2, 0.25) is 8.55 Å². The van der Waals surface area contributed by atoms with Gasteiger partial charge in [-0.25, -0.2) is 0 Å². The normalized spacial score (nSPS) is 12.9. The molecule has 0 aromatic heterocycles. The van der Waals surface area contributed by atoms with Gasteiger partial charge in [-0.2, -0.15) is 0 Å². The lowest BCUT2D eigenvalue weighted by atomic mass is 10.0. The molecule has 15 heavy (non-hydrogen) atoms. The molecule has 0 aliphatic carbocycles. The van der Waals surface area contributed by atoms with Gasteiger partial charge < -0.3 is 0 Å². The quantitative estimate of drug-likeness (QED) is 0.499. The largest absolute Gasteiger partial charge is 0.251 e. The lowest BCUT2D eigenvalue weighted by Crippen LogP contribution is -2.24. The van der Waals surface area contributed by atoms with E-state index in [0.717, 1.165) is 0 Å². The Morgan fingerprint density at radius 1 is 0.733 bits per heavy atom. The minimum Gasteiger partial charge on any atom is -0.0797 e. The van der Waals surface area contributed by atoms with Gasteiger partial charge in [0.05, 0.1) is 0 Å². The van der Waals surface area contributed by atoms with Crippen LogP contribution >= 0.6 is 0 Å². The molecule has 0 radical (unpaired) electrons. The number of hydrogen-bond donors (Lipinski definition) is 0. The smallest absolute Gasteiger partial charge is 0.0797 e. The first-order valence-electron chi connectivity index (χ1n) is 6.83. The summed E-state index contributed by atoms with van der Waals surface area (Å²) < 4.78 is 1.35. The van der Waals surface area contributed by atoms with E-state index < -0.39 is 0 Å². The van der Waals surface area contributed by atoms with E-state index in [-0.39, 0.29) is 15.2 Å². The van der Waals surface area contributed by atoms with Crippen LogP contribution in [0.25, 0.3) is 0 Å². The van der Waals surface area contributed by atoms with Gasteiger partial charge in [-0.05, 0) is 0 Å². The van der Waals surface area contributed by atoms with Gasteiger partial charge in [0.1, 0.15) is 0 Å². The summed E-state index contributed by atoms with van der Waals surface area (Å²) in [6, 6.07) is 0. The average Bonchev–Trinajstić information content (AvgIpc) is 2.10. The van der Waals surface area contributed by atoms with Gasteiger partial charge in [0.2, 0.25) is 0 Å². The molecule has 0 aliphatic rings. The van der Waals surface area contributed by atoms with E-state index in [0.29, 0.717) is 8.55 Å². The summed E-state index contributed by atoms with van der Waals surface area (Å²) in [7, 11) is 0. The van der Waals surface area contributed by atoms with Crippen LogP contribution in [0.5, 0.6) is 0 Å². The molecule has 0 atom stereocenters. The van der Waals surface area contributed by atoms with Crippen LogP contribution in [-0.2, 0) is 0 Å². The monoisotopic (exact) mass is 226 g/mol. The summed E-state index contributed by atoms with van der Waals surface area (Å²) in [6.07, 6.45) is 8.45. The van der Waals surface area contributed by atoms with Gasteiger partial charge in [-0.15, -0.1) is 0 Å². The Bertz CT molecular complexity index is 141. The molecular weight excluding hydrogens is 195 g/mol. The number of rotatable bonds is 8. The maximum absolute atomic E-state index is 2.50. The number of unbranched alkanes of at least 4 members (excludes halogenated alkanes) is 2. The van der Waals surface area contributed by atoms with Gasteiger partial charge in [0.15, 0.2) is 0 Å². The molecule has 0 amide bonds. The molecule has 0 aromatic rings. The molecule has 0 spiro atoms. The van der Waals surface area contributed by atoms with E-state index in [9.17, 15) is 0 Å². The fraction of sp³-hybridized carbons (Fsp3) is 1.00. The summed E-state index contributed by atoms with van der Waals surface area (Å²) in [5, 5.41) is 0. The van der Waals surface area contributed by atoms with Crippen LogP contribution in [-0.4, -0.2) is 15.2 Å². The van der Waals surface area contributed by atoms with Crippen molar-refractivity contribution in [1.29, 1.82) is 0 Å². The van der Waals surface area contributed by atoms with E-state index >= 15 is 0 Å². The van der Waals surface area contributed by atoms with Crippen LogP contribution in [0.1, 0.15) is 80.1 Å². The second-order valence-electron chi connectivity index (χ2n) is 6.71. The Labute approximate surface area is 104 Å². The summed E-state index contributed by atoms with van der Waals surface area (Å²) in [6.45, 7) is 14.6. The zero-order chi connectivity index (χ0) is 11.9. The Balaban J connectivity index is 4.04. The van der Waals surface area contributed by atoms with Crippen molar-refractivity contribution in [2.45, 2.75) is 88.6 Å². The maximum Gasteiger partial charge on any atom is 0.251 e. The Kier molecular flexibility index (Phi) is 7.22. The van der Waals surface area contributed by atoms with Gasteiger partial charge in [-0.3, -0.25) is 0 Å². The van der Waals surface area contributed by atoms with Crippen LogP contribution < -0.4 is 0 Å². The predicted octanol–water partition coefficient (Wildman–Crippen LogP) is 5.20. The average molecular weight is 226 g/mol. The van der Waals surface area contributed by atoms with Crippen molar-refractivity contribution >= 4 is 15.2 Å². The van der Waals surface area contributed by atoms with Gasteiger partial charge in [0, 0.05) is 0 Å². The Hall–Kier alpha value is 0.532. The molecule has 0 heterocycles. The first-order valence-corrected chi connectivity index (χ1v) is 8.24. The van der Waals surface area contributed by atoms with Crippen molar-refractivity contribution in [2.24, 2.45) is 0 Å².